The summed E-state index contributed by atoms with van der Waals surface area (Å²) in [5.41, 5.74) is 1.02. The number of amides is 5. The van der Waals surface area contributed by atoms with E-state index in [1.54, 1.807) is 32.0 Å². The first kappa shape index (κ1) is 21.5. The number of halogens is 1. The SMILES string of the molecule is CCOc1ccccc1N1C(=O)C(=O)N(CC(=O)NC(C)c2ccc(Br)cc2)C1=O. The number of benzene rings is 2. The molecule has 0 spiro atoms. The zero-order valence-corrected chi connectivity index (χ0v) is 18.0. The van der Waals surface area contributed by atoms with Crippen molar-refractivity contribution in [2.24, 2.45) is 0 Å². The lowest BCUT2D eigenvalue weighted by Gasteiger charge is -2.19. The molecule has 8 nitrogen and oxygen atoms in total. The van der Waals surface area contributed by atoms with Crippen LogP contribution in [0.4, 0.5) is 10.5 Å². The van der Waals surface area contributed by atoms with Crippen molar-refractivity contribution >= 4 is 45.4 Å². The van der Waals surface area contributed by atoms with Crippen molar-refractivity contribution in [3.05, 3.63) is 58.6 Å². The van der Waals surface area contributed by atoms with Gasteiger partial charge in [-0.15, -0.1) is 0 Å². The van der Waals surface area contributed by atoms with Crippen LogP contribution in [0.1, 0.15) is 25.5 Å². The van der Waals surface area contributed by atoms with E-state index in [0.717, 1.165) is 14.9 Å². The third kappa shape index (κ3) is 4.35. The number of hydrogen-bond acceptors (Lipinski definition) is 5. The standard InChI is InChI=1S/C21H20BrN3O5/c1-3-30-17-7-5-4-6-16(17)25-20(28)19(27)24(21(25)29)12-18(26)23-13(2)14-8-10-15(22)11-9-14/h4-11,13H,3,12H2,1-2H3,(H,23,26). The number of carbonyl (C=O) groups excluding carboxylic acids is 4. The Labute approximate surface area is 181 Å². The quantitative estimate of drug-likeness (QED) is 0.492. The highest BCUT2D eigenvalue weighted by molar-refractivity contribution is 9.10. The molecule has 1 atom stereocenters. The van der Waals surface area contributed by atoms with E-state index >= 15 is 0 Å². The average molecular weight is 474 g/mol. The second-order valence-corrected chi connectivity index (χ2v) is 7.47. The fourth-order valence-corrected chi connectivity index (χ4v) is 3.31. The normalized spacial score (nSPS) is 14.8. The van der Waals surface area contributed by atoms with Crippen LogP contribution in [0, 0.1) is 0 Å². The number of anilines is 1. The van der Waals surface area contributed by atoms with E-state index in [1.807, 2.05) is 24.3 Å². The maximum Gasteiger partial charge on any atom is 0.339 e. The Hall–Kier alpha value is -3.20. The Morgan fingerprint density at radius 1 is 1.07 bits per heavy atom. The largest absolute Gasteiger partial charge is 0.492 e. The minimum Gasteiger partial charge on any atom is -0.492 e. The Kier molecular flexibility index (Phi) is 6.51. The second kappa shape index (κ2) is 9.08. The molecular weight excluding hydrogens is 454 g/mol. The van der Waals surface area contributed by atoms with E-state index in [0.29, 0.717) is 17.3 Å². The summed E-state index contributed by atoms with van der Waals surface area (Å²) in [4.78, 5) is 51.4. The van der Waals surface area contributed by atoms with Gasteiger partial charge in [-0.1, -0.05) is 40.2 Å². The van der Waals surface area contributed by atoms with Crippen LogP contribution in [-0.2, 0) is 14.4 Å². The third-order valence-electron chi connectivity index (χ3n) is 4.51. The molecule has 1 aliphatic heterocycles. The third-order valence-corrected chi connectivity index (χ3v) is 5.04. The lowest BCUT2D eigenvalue weighted by molar-refractivity contribution is -0.140. The van der Waals surface area contributed by atoms with Gasteiger partial charge in [-0.25, -0.2) is 14.6 Å². The van der Waals surface area contributed by atoms with Crippen molar-refractivity contribution in [1.29, 1.82) is 0 Å². The summed E-state index contributed by atoms with van der Waals surface area (Å²) in [6, 6.07) is 12.6. The molecule has 1 heterocycles. The molecule has 2 aromatic carbocycles. The summed E-state index contributed by atoms with van der Waals surface area (Å²) in [6.45, 7) is 3.31. The molecule has 3 rings (SSSR count). The van der Waals surface area contributed by atoms with E-state index in [9.17, 15) is 19.2 Å². The van der Waals surface area contributed by atoms with Crippen LogP contribution in [0.25, 0.3) is 0 Å². The van der Waals surface area contributed by atoms with Gasteiger partial charge in [0.2, 0.25) is 5.91 Å². The topological polar surface area (TPSA) is 96.0 Å². The molecule has 1 fully saturated rings. The number of carbonyl (C=O) groups is 4. The molecule has 1 saturated heterocycles. The molecule has 0 saturated carbocycles. The number of para-hydroxylation sites is 2. The minimum absolute atomic E-state index is 0.161. The Morgan fingerprint density at radius 2 is 1.73 bits per heavy atom. The smallest absolute Gasteiger partial charge is 0.339 e. The van der Waals surface area contributed by atoms with Crippen molar-refractivity contribution in [3.8, 4) is 5.75 Å². The van der Waals surface area contributed by atoms with Crippen LogP contribution in [0.15, 0.2) is 53.0 Å². The summed E-state index contributed by atoms with van der Waals surface area (Å²) in [5.74, 6) is -2.34. The van der Waals surface area contributed by atoms with E-state index in [4.69, 9.17) is 4.74 Å². The van der Waals surface area contributed by atoms with Gasteiger partial charge in [0.05, 0.1) is 18.3 Å². The van der Waals surface area contributed by atoms with Crippen LogP contribution < -0.4 is 15.0 Å². The monoisotopic (exact) mass is 473 g/mol. The summed E-state index contributed by atoms with van der Waals surface area (Å²) in [6.07, 6.45) is 0. The van der Waals surface area contributed by atoms with E-state index in [1.165, 1.54) is 6.07 Å². The molecule has 1 N–H and O–H groups in total. The molecule has 0 bridgehead atoms. The van der Waals surface area contributed by atoms with Crippen LogP contribution in [0.3, 0.4) is 0 Å². The number of nitrogens with zero attached hydrogens (tertiary/aromatic N) is 2. The fraction of sp³-hybridized carbons (Fsp3) is 0.238. The van der Waals surface area contributed by atoms with Gasteiger partial charge < -0.3 is 10.1 Å². The highest BCUT2D eigenvalue weighted by atomic mass is 79.9. The number of imide groups is 2. The predicted molar refractivity (Wildman–Crippen MR) is 113 cm³/mol. The Balaban J connectivity index is 1.73. The van der Waals surface area contributed by atoms with E-state index < -0.39 is 30.3 Å². The van der Waals surface area contributed by atoms with E-state index in [2.05, 4.69) is 21.2 Å². The number of nitrogens with one attached hydrogen (secondary N) is 1. The highest BCUT2D eigenvalue weighted by Gasteiger charge is 2.47. The van der Waals surface area contributed by atoms with Gasteiger partial charge in [0.1, 0.15) is 12.3 Å². The zero-order chi connectivity index (χ0) is 21.8. The molecule has 0 aromatic heterocycles. The van der Waals surface area contributed by atoms with Crippen LogP contribution in [0.5, 0.6) is 5.75 Å². The number of hydrogen-bond donors (Lipinski definition) is 1. The van der Waals surface area contributed by atoms with Gasteiger partial charge in [0, 0.05) is 4.47 Å². The van der Waals surface area contributed by atoms with Gasteiger partial charge >= 0.3 is 17.8 Å². The lowest BCUT2D eigenvalue weighted by Crippen LogP contribution is -2.42. The summed E-state index contributed by atoms with van der Waals surface area (Å²) < 4.78 is 6.36. The molecule has 9 heteroatoms. The first-order valence-corrected chi connectivity index (χ1v) is 10.1. The molecule has 0 aliphatic carbocycles. The van der Waals surface area contributed by atoms with Gasteiger partial charge in [-0.05, 0) is 43.7 Å². The fourth-order valence-electron chi connectivity index (χ4n) is 3.04. The zero-order valence-electron chi connectivity index (χ0n) is 16.4. The maximum atomic E-state index is 12.8. The van der Waals surface area contributed by atoms with Crippen molar-refractivity contribution in [1.82, 2.24) is 10.2 Å². The van der Waals surface area contributed by atoms with Gasteiger partial charge in [0.25, 0.3) is 0 Å². The first-order chi connectivity index (χ1) is 14.3. The van der Waals surface area contributed by atoms with Crippen molar-refractivity contribution in [2.45, 2.75) is 19.9 Å². The second-order valence-electron chi connectivity index (χ2n) is 6.56. The first-order valence-electron chi connectivity index (χ1n) is 9.30. The Morgan fingerprint density at radius 3 is 2.40 bits per heavy atom. The number of urea groups is 1. The molecule has 156 valence electrons. The molecule has 0 radical (unpaired) electrons. The molecule has 5 amide bonds. The lowest BCUT2D eigenvalue weighted by atomic mass is 10.1. The van der Waals surface area contributed by atoms with Crippen LogP contribution >= 0.6 is 15.9 Å². The van der Waals surface area contributed by atoms with Gasteiger partial charge in [0.15, 0.2) is 0 Å². The summed E-state index contributed by atoms with van der Waals surface area (Å²) in [7, 11) is 0. The van der Waals surface area contributed by atoms with Gasteiger partial charge in [-0.3, -0.25) is 14.4 Å². The van der Waals surface area contributed by atoms with Crippen molar-refractivity contribution in [2.75, 3.05) is 18.1 Å². The highest BCUT2D eigenvalue weighted by Crippen LogP contribution is 2.31. The average Bonchev–Trinajstić information content (AvgIpc) is 2.92. The van der Waals surface area contributed by atoms with Crippen molar-refractivity contribution < 1.29 is 23.9 Å². The molecule has 1 aliphatic rings. The molecule has 30 heavy (non-hydrogen) atoms. The van der Waals surface area contributed by atoms with E-state index in [-0.39, 0.29) is 11.7 Å². The summed E-state index contributed by atoms with van der Waals surface area (Å²) in [5, 5.41) is 2.73. The summed E-state index contributed by atoms with van der Waals surface area (Å²) >= 11 is 3.35. The molecule has 2 aromatic rings. The van der Waals surface area contributed by atoms with Gasteiger partial charge in [-0.2, -0.15) is 0 Å². The minimum atomic E-state index is -1.06. The van der Waals surface area contributed by atoms with Crippen molar-refractivity contribution in [3.63, 3.8) is 0 Å². The molecular formula is C21H20BrN3O5. The Bertz CT molecular complexity index is 992. The predicted octanol–water partition coefficient (Wildman–Crippen LogP) is 3.02. The number of ether oxygens (including phenoxy) is 1. The van der Waals surface area contributed by atoms with Crippen LogP contribution in [-0.4, -0.2) is 41.8 Å². The van der Waals surface area contributed by atoms with Crippen LogP contribution in [0.2, 0.25) is 0 Å². The maximum absolute atomic E-state index is 12.8. The number of rotatable bonds is 7. The molecule has 1 unspecified atom stereocenters.